The fourth-order valence-corrected chi connectivity index (χ4v) is 5.47. The minimum atomic E-state index is -4.38. The Morgan fingerprint density at radius 1 is 1.11 bits per heavy atom. The molecule has 0 spiro atoms. The Bertz CT molecular complexity index is 1390. The van der Waals surface area contributed by atoms with Gasteiger partial charge in [0, 0.05) is 34.1 Å². The van der Waals surface area contributed by atoms with Crippen LogP contribution in [0.2, 0.25) is 0 Å². The van der Waals surface area contributed by atoms with Crippen LogP contribution in [-0.4, -0.2) is 22.9 Å². The van der Waals surface area contributed by atoms with Crippen LogP contribution in [0, 0.1) is 18.3 Å². The molecule has 2 unspecified atom stereocenters. The van der Waals surface area contributed by atoms with Gasteiger partial charge in [-0.3, -0.25) is 0 Å². The van der Waals surface area contributed by atoms with Crippen molar-refractivity contribution < 1.29 is 27.8 Å². The zero-order valence-electron chi connectivity index (χ0n) is 21.0. The average Bonchev–Trinajstić information content (AvgIpc) is 2.91. The molecule has 1 heterocycles. The van der Waals surface area contributed by atoms with Crippen molar-refractivity contribution in [1.29, 1.82) is 0 Å². The fourth-order valence-electron chi connectivity index (χ4n) is 4.47. The molecule has 2 atom stereocenters. The number of carbonyl (C=O) groups is 1. The lowest BCUT2D eigenvalue weighted by Crippen LogP contribution is -2.32. The molecule has 196 valence electrons. The van der Waals surface area contributed by atoms with E-state index in [2.05, 4.69) is 5.92 Å². The number of carbonyl (C=O) groups excluding carboxylic acids is 1. The minimum Gasteiger partial charge on any atom is -0.511 e. The van der Waals surface area contributed by atoms with Crippen molar-refractivity contribution in [3.8, 4) is 23.5 Å². The first-order valence-electron chi connectivity index (χ1n) is 12.2. The maximum absolute atomic E-state index is 13.2. The Balaban J connectivity index is 1.54. The molecule has 0 saturated heterocycles. The molecule has 0 aliphatic carbocycles. The van der Waals surface area contributed by atoms with Gasteiger partial charge in [-0.2, -0.15) is 13.2 Å². The van der Waals surface area contributed by atoms with Crippen molar-refractivity contribution in [3.63, 3.8) is 0 Å². The highest BCUT2D eigenvalue weighted by atomic mass is 32.2. The Morgan fingerprint density at radius 2 is 1.79 bits per heavy atom. The molecule has 0 saturated carbocycles. The van der Waals surface area contributed by atoms with Crippen LogP contribution >= 0.6 is 11.8 Å². The molecule has 7 heteroatoms. The molecule has 0 fully saturated rings. The number of esters is 1. The van der Waals surface area contributed by atoms with E-state index >= 15 is 0 Å². The quantitative estimate of drug-likeness (QED) is 0.189. The number of ether oxygens (including phenoxy) is 1. The highest BCUT2D eigenvalue weighted by molar-refractivity contribution is 7.99. The Hall–Kier alpha value is -3.63. The molecule has 1 N–H and O–H groups in total. The molecule has 1 aliphatic rings. The van der Waals surface area contributed by atoms with Gasteiger partial charge in [0.2, 0.25) is 0 Å². The number of halogens is 3. The first-order valence-corrected chi connectivity index (χ1v) is 13.2. The third-order valence-electron chi connectivity index (χ3n) is 6.59. The Labute approximate surface area is 224 Å². The summed E-state index contributed by atoms with van der Waals surface area (Å²) in [7, 11) is 0. The number of aliphatic hydroxyl groups is 1. The van der Waals surface area contributed by atoms with E-state index in [1.54, 1.807) is 0 Å². The van der Waals surface area contributed by atoms with Gasteiger partial charge in [-0.05, 0) is 53.4 Å². The van der Waals surface area contributed by atoms with Gasteiger partial charge in [0.15, 0.2) is 0 Å². The van der Waals surface area contributed by atoms with Crippen LogP contribution in [-0.2, 0) is 22.1 Å². The number of cyclic esters (lactones) is 1. The van der Waals surface area contributed by atoms with Crippen LogP contribution in [0.3, 0.4) is 0 Å². The van der Waals surface area contributed by atoms with Crippen LogP contribution in [0.5, 0.6) is 0 Å². The van der Waals surface area contributed by atoms with Gasteiger partial charge in [0.1, 0.15) is 17.4 Å². The second kappa shape index (κ2) is 11.4. The number of aryl methyl sites for hydroxylation is 1. The number of alkyl halides is 3. The summed E-state index contributed by atoms with van der Waals surface area (Å²) in [6.07, 6.45) is 1.62. The minimum absolute atomic E-state index is 0.0729. The van der Waals surface area contributed by atoms with E-state index in [-0.39, 0.29) is 23.7 Å². The lowest BCUT2D eigenvalue weighted by molar-refractivity contribution is -0.145. The second-order valence-electron chi connectivity index (χ2n) is 9.20. The standard InChI is InChI=1S/C31H27F3O3S/c1-4-20-15-23(22-9-7-6-8-10-22)16-21(5-2)28(20)29-26(35)17-27(37-30(29)36)19(3)18-38-25-13-11-24(12-14-25)31(32,33)34/h1,6-16,19,27,35H,5,17-18H2,2-3H3. The number of thioether (sulfide) groups is 1. The number of benzene rings is 3. The summed E-state index contributed by atoms with van der Waals surface area (Å²) in [6.45, 7) is 3.84. The summed E-state index contributed by atoms with van der Waals surface area (Å²) in [5.74, 6) is 2.30. The van der Waals surface area contributed by atoms with Crippen LogP contribution in [0.25, 0.3) is 16.7 Å². The third kappa shape index (κ3) is 5.92. The first kappa shape index (κ1) is 27.4. The molecule has 0 bridgehead atoms. The maximum Gasteiger partial charge on any atom is 0.416 e. The molecule has 4 rings (SSSR count). The Kier molecular flexibility index (Phi) is 8.23. The molecule has 0 aromatic heterocycles. The fraction of sp³-hybridized carbons (Fsp3) is 0.258. The van der Waals surface area contributed by atoms with Gasteiger partial charge < -0.3 is 9.84 Å². The van der Waals surface area contributed by atoms with E-state index in [0.29, 0.717) is 28.2 Å². The SMILES string of the molecule is C#Cc1cc(-c2ccccc2)cc(CC)c1C1=C(O)CC(C(C)CSc2ccc(C(F)(F)F)cc2)OC1=O. The zero-order chi connectivity index (χ0) is 27.4. The number of rotatable bonds is 7. The highest BCUT2D eigenvalue weighted by Gasteiger charge is 2.35. The van der Waals surface area contributed by atoms with Crippen LogP contribution < -0.4 is 0 Å². The lowest BCUT2D eigenvalue weighted by atomic mass is 9.86. The van der Waals surface area contributed by atoms with Crippen molar-refractivity contribution in [3.05, 3.63) is 94.7 Å². The number of terminal acetylenes is 1. The third-order valence-corrected chi connectivity index (χ3v) is 7.89. The van der Waals surface area contributed by atoms with E-state index in [0.717, 1.165) is 28.8 Å². The van der Waals surface area contributed by atoms with E-state index in [1.807, 2.05) is 56.3 Å². The van der Waals surface area contributed by atoms with Gasteiger partial charge in [-0.25, -0.2) is 4.79 Å². The van der Waals surface area contributed by atoms with Crippen molar-refractivity contribution in [1.82, 2.24) is 0 Å². The van der Waals surface area contributed by atoms with Gasteiger partial charge in [-0.1, -0.05) is 56.2 Å². The average molecular weight is 537 g/mol. The molecular weight excluding hydrogens is 509 g/mol. The smallest absolute Gasteiger partial charge is 0.416 e. The van der Waals surface area contributed by atoms with Crippen LogP contribution in [0.4, 0.5) is 13.2 Å². The summed E-state index contributed by atoms with van der Waals surface area (Å²) in [6, 6.07) is 18.5. The topological polar surface area (TPSA) is 46.5 Å². The summed E-state index contributed by atoms with van der Waals surface area (Å²) >= 11 is 1.37. The predicted molar refractivity (Wildman–Crippen MR) is 145 cm³/mol. The van der Waals surface area contributed by atoms with Crippen molar-refractivity contribution in [2.45, 2.75) is 43.9 Å². The molecule has 0 radical (unpaired) electrons. The molecular formula is C31H27F3O3S. The van der Waals surface area contributed by atoms with E-state index in [4.69, 9.17) is 11.2 Å². The van der Waals surface area contributed by atoms with Gasteiger partial charge in [0.25, 0.3) is 0 Å². The highest BCUT2D eigenvalue weighted by Crippen LogP contribution is 2.38. The largest absolute Gasteiger partial charge is 0.511 e. The van der Waals surface area contributed by atoms with Crippen molar-refractivity contribution in [2.75, 3.05) is 5.75 Å². The van der Waals surface area contributed by atoms with Gasteiger partial charge >= 0.3 is 12.1 Å². The van der Waals surface area contributed by atoms with Gasteiger partial charge in [0.05, 0.1) is 5.56 Å². The summed E-state index contributed by atoms with van der Waals surface area (Å²) < 4.78 is 44.2. The molecule has 38 heavy (non-hydrogen) atoms. The van der Waals surface area contributed by atoms with E-state index in [9.17, 15) is 23.1 Å². The molecule has 3 nitrogen and oxygen atoms in total. The molecule has 3 aromatic rings. The summed E-state index contributed by atoms with van der Waals surface area (Å²) in [5.41, 5.74) is 3.17. The normalized spacial score (nSPS) is 16.6. The number of hydrogen-bond donors (Lipinski definition) is 1. The second-order valence-corrected chi connectivity index (χ2v) is 10.3. The van der Waals surface area contributed by atoms with Crippen molar-refractivity contribution >= 4 is 23.3 Å². The lowest BCUT2D eigenvalue weighted by Gasteiger charge is -2.30. The summed E-state index contributed by atoms with van der Waals surface area (Å²) in [4.78, 5) is 13.9. The van der Waals surface area contributed by atoms with Crippen LogP contribution in [0.15, 0.2) is 77.4 Å². The van der Waals surface area contributed by atoms with E-state index in [1.165, 1.54) is 23.9 Å². The molecule has 3 aromatic carbocycles. The zero-order valence-corrected chi connectivity index (χ0v) is 21.8. The predicted octanol–water partition coefficient (Wildman–Crippen LogP) is 7.93. The summed E-state index contributed by atoms with van der Waals surface area (Å²) in [5, 5.41) is 11.0. The number of aliphatic hydroxyl groups excluding tert-OH is 1. The molecule has 1 aliphatic heterocycles. The van der Waals surface area contributed by atoms with Crippen LogP contribution in [0.1, 0.15) is 42.5 Å². The van der Waals surface area contributed by atoms with Crippen molar-refractivity contribution in [2.24, 2.45) is 5.92 Å². The first-order chi connectivity index (χ1) is 18.1. The van der Waals surface area contributed by atoms with Gasteiger partial charge in [-0.15, -0.1) is 18.2 Å². The Morgan fingerprint density at radius 3 is 2.37 bits per heavy atom. The number of hydrogen-bond acceptors (Lipinski definition) is 4. The molecule has 0 amide bonds. The van der Waals surface area contributed by atoms with E-state index < -0.39 is 23.8 Å². The maximum atomic E-state index is 13.2. The monoisotopic (exact) mass is 536 g/mol.